The van der Waals surface area contributed by atoms with Crippen molar-refractivity contribution < 1.29 is 9.90 Å². The van der Waals surface area contributed by atoms with Crippen molar-refractivity contribution in [3.8, 4) is 0 Å². The van der Waals surface area contributed by atoms with Crippen LogP contribution in [0.4, 0.5) is 11.5 Å². The Morgan fingerprint density at radius 3 is 2.85 bits per heavy atom. The average Bonchev–Trinajstić information content (AvgIpc) is 3.15. The second-order valence-electron chi connectivity index (χ2n) is 5.90. The molecule has 0 radical (unpaired) electrons. The van der Waals surface area contributed by atoms with Crippen molar-refractivity contribution in [3.63, 3.8) is 0 Å². The van der Waals surface area contributed by atoms with Crippen LogP contribution in [0.15, 0.2) is 61.2 Å². The molecule has 0 unspecified atom stereocenters. The number of benzene rings is 2. The lowest BCUT2D eigenvalue weighted by molar-refractivity contribution is 0.0697. The number of carboxylic acid groups (broad SMARTS) is 1. The number of anilines is 2. The van der Waals surface area contributed by atoms with Crippen LogP contribution in [-0.4, -0.2) is 30.6 Å². The largest absolute Gasteiger partial charge is 0.478 e. The van der Waals surface area contributed by atoms with E-state index < -0.39 is 5.97 Å². The lowest BCUT2D eigenvalue weighted by Crippen LogP contribution is -2.06. The molecule has 4 aromatic rings. The van der Waals surface area contributed by atoms with E-state index in [-0.39, 0.29) is 5.56 Å². The molecule has 134 valence electrons. The van der Waals surface area contributed by atoms with Crippen molar-refractivity contribution in [2.45, 2.75) is 6.54 Å². The van der Waals surface area contributed by atoms with Gasteiger partial charge in [0.15, 0.2) is 5.82 Å². The molecule has 0 spiro atoms. The minimum absolute atomic E-state index is 0.190. The minimum atomic E-state index is -0.991. The Bertz CT molecular complexity index is 1130. The van der Waals surface area contributed by atoms with E-state index in [1.54, 1.807) is 42.9 Å². The van der Waals surface area contributed by atoms with Crippen LogP contribution in [0.1, 0.15) is 16.2 Å². The Morgan fingerprint density at radius 2 is 2.07 bits per heavy atom. The molecule has 0 saturated heterocycles. The summed E-state index contributed by atoms with van der Waals surface area (Å²) in [4.78, 5) is 24.4. The molecule has 0 bridgehead atoms. The number of halogens is 1. The van der Waals surface area contributed by atoms with Crippen molar-refractivity contribution >= 4 is 40.0 Å². The number of aromatic carboxylic acids is 1. The van der Waals surface area contributed by atoms with Gasteiger partial charge >= 0.3 is 5.97 Å². The number of hydrogen-bond donors (Lipinski definition) is 2. The molecule has 27 heavy (non-hydrogen) atoms. The van der Waals surface area contributed by atoms with Crippen LogP contribution in [-0.2, 0) is 6.54 Å². The number of carbonyl (C=O) groups is 1. The number of fused-ring (bicyclic) bond motifs is 1. The maximum atomic E-state index is 11.2. The highest BCUT2D eigenvalue weighted by atomic mass is 35.5. The van der Waals surface area contributed by atoms with E-state index in [2.05, 4.69) is 20.3 Å². The number of carboxylic acids is 1. The number of aromatic nitrogens is 4. The van der Waals surface area contributed by atoms with Crippen LogP contribution in [0.5, 0.6) is 0 Å². The summed E-state index contributed by atoms with van der Waals surface area (Å²) in [5.74, 6) is 0.162. The van der Waals surface area contributed by atoms with E-state index >= 15 is 0 Å². The predicted octanol–water partition coefficient (Wildman–Crippen LogP) is 3.97. The second kappa shape index (κ2) is 7.05. The Balaban J connectivity index is 1.78. The third-order valence-electron chi connectivity index (χ3n) is 3.96. The maximum absolute atomic E-state index is 11.2. The SMILES string of the molecule is O=C(O)c1cccc(Nc2nc(Cn3ccnc3)nc3ccc(Cl)cc23)c1. The number of imidazole rings is 1. The van der Waals surface area contributed by atoms with Crippen LogP contribution in [0.2, 0.25) is 5.02 Å². The molecule has 7 nitrogen and oxygen atoms in total. The topological polar surface area (TPSA) is 92.9 Å². The van der Waals surface area contributed by atoms with Gasteiger partial charge in [0.1, 0.15) is 5.82 Å². The summed E-state index contributed by atoms with van der Waals surface area (Å²) in [5.41, 5.74) is 1.54. The molecule has 2 aromatic carbocycles. The number of nitrogens with one attached hydrogen (secondary N) is 1. The maximum Gasteiger partial charge on any atom is 0.335 e. The van der Waals surface area contributed by atoms with Crippen LogP contribution < -0.4 is 5.32 Å². The Hall–Kier alpha value is -3.45. The fraction of sp³-hybridized carbons (Fsp3) is 0.0526. The van der Waals surface area contributed by atoms with Crippen molar-refractivity contribution in [2.75, 3.05) is 5.32 Å². The average molecular weight is 380 g/mol. The fourth-order valence-electron chi connectivity index (χ4n) is 2.73. The summed E-state index contributed by atoms with van der Waals surface area (Å²) in [6.45, 7) is 0.461. The molecular weight excluding hydrogens is 366 g/mol. The number of hydrogen-bond acceptors (Lipinski definition) is 5. The standard InChI is InChI=1S/C19H14ClN5O2/c20-13-4-5-16-15(9-13)18(22-14-3-1-2-12(8-14)19(26)27)24-17(23-16)10-25-7-6-21-11-25/h1-9,11H,10H2,(H,26,27)(H,22,23,24). The van der Waals surface area contributed by atoms with Gasteiger partial charge in [-0.1, -0.05) is 17.7 Å². The third-order valence-corrected chi connectivity index (χ3v) is 4.19. The molecule has 8 heteroatoms. The molecule has 0 atom stereocenters. The fourth-order valence-corrected chi connectivity index (χ4v) is 2.90. The van der Waals surface area contributed by atoms with Gasteiger partial charge in [-0.2, -0.15) is 0 Å². The van der Waals surface area contributed by atoms with Crippen LogP contribution in [0.25, 0.3) is 10.9 Å². The van der Waals surface area contributed by atoms with Gasteiger partial charge in [-0.05, 0) is 36.4 Å². The van der Waals surface area contributed by atoms with Crippen molar-refractivity contribution in [3.05, 3.63) is 77.6 Å². The highest BCUT2D eigenvalue weighted by Crippen LogP contribution is 2.27. The van der Waals surface area contributed by atoms with Gasteiger partial charge in [0.05, 0.1) is 24.0 Å². The zero-order chi connectivity index (χ0) is 18.8. The van der Waals surface area contributed by atoms with Gasteiger partial charge in [0, 0.05) is 28.5 Å². The first-order valence-corrected chi connectivity index (χ1v) is 8.48. The van der Waals surface area contributed by atoms with E-state index in [9.17, 15) is 9.90 Å². The van der Waals surface area contributed by atoms with E-state index in [1.165, 1.54) is 6.07 Å². The molecule has 0 saturated carbocycles. The van der Waals surface area contributed by atoms with Crippen molar-refractivity contribution in [1.82, 2.24) is 19.5 Å². The summed E-state index contributed by atoms with van der Waals surface area (Å²) in [6.07, 6.45) is 5.22. The van der Waals surface area contributed by atoms with Crippen molar-refractivity contribution in [1.29, 1.82) is 0 Å². The van der Waals surface area contributed by atoms with Crippen LogP contribution in [0, 0.1) is 0 Å². The molecule has 2 aromatic heterocycles. The highest BCUT2D eigenvalue weighted by molar-refractivity contribution is 6.31. The first kappa shape index (κ1) is 17.0. The quantitative estimate of drug-likeness (QED) is 0.545. The van der Waals surface area contributed by atoms with Gasteiger partial charge in [-0.15, -0.1) is 0 Å². The zero-order valence-corrected chi connectivity index (χ0v) is 14.8. The number of nitrogens with zero attached hydrogens (tertiary/aromatic N) is 4. The lowest BCUT2D eigenvalue weighted by atomic mass is 10.2. The summed E-state index contributed by atoms with van der Waals surface area (Å²) < 4.78 is 1.87. The summed E-state index contributed by atoms with van der Waals surface area (Å²) >= 11 is 6.14. The van der Waals surface area contributed by atoms with E-state index in [0.717, 1.165) is 10.9 Å². The molecule has 4 rings (SSSR count). The first-order valence-electron chi connectivity index (χ1n) is 8.11. The Labute approximate surface area is 159 Å². The van der Waals surface area contributed by atoms with Gasteiger partial charge in [0.2, 0.25) is 0 Å². The Morgan fingerprint density at radius 1 is 1.19 bits per heavy atom. The lowest BCUT2D eigenvalue weighted by Gasteiger charge is -2.12. The zero-order valence-electron chi connectivity index (χ0n) is 14.0. The number of rotatable bonds is 5. The van der Waals surface area contributed by atoms with Crippen LogP contribution >= 0.6 is 11.6 Å². The normalized spacial score (nSPS) is 10.9. The van der Waals surface area contributed by atoms with Crippen LogP contribution in [0.3, 0.4) is 0 Å². The molecule has 2 N–H and O–H groups in total. The second-order valence-corrected chi connectivity index (χ2v) is 6.33. The van der Waals surface area contributed by atoms with E-state index in [4.69, 9.17) is 11.6 Å². The first-order chi connectivity index (χ1) is 13.1. The summed E-state index contributed by atoms with van der Waals surface area (Å²) in [6, 6.07) is 11.9. The minimum Gasteiger partial charge on any atom is -0.478 e. The van der Waals surface area contributed by atoms with Gasteiger partial charge in [0.25, 0.3) is 0 Å². The predicted molar refractivity (Wildman–Crippen MR) is 103 cm³/mol. The van der Waals surface area contributed by atoms with E-state index in [1.807, 2.05) is 16.8 Å². The monoisotopic (exact) mass is 379 g/mol. The van der Waals surface area contributed by atoms with Crippen molar-refractivity contribution in [2.24, 2.45) is 0 Å². The Kier molecular flexibility index (Phi) is 4.43. The molecule has 2 heterocycles. The molecule has 0 aliphatic carbocycles. The van der Waals surface area contributed by atoms with Gasteiger partial charge < -0.3 is 15.0 Å². The molecule has 0 amide bonds. The third kappa shape index (κ3) is 3.73. The van der Waals surface area contributed by atoms with Gasteiger partial charge in [-0.3, -0.25) is 0 Å². The summed E-state index contributed by atoms with van der Waals surface area (Å²) in [7, 11) is 0. The molecular formula is C19H14ClN5O2. The van der Waals surface area contributed by atoms with Gasteiger partial charge in [-0.25, -0.2) is 19.7 Å². The smallest absolute Gasteiger partial charge is 0.335 e. The highest BCUT2D eigenvalue weighted by Gasteiger charge is 2.11. The summed E-state index contributed by atoms with van der Waals surface area (Å²) in [5, 5.41) is 13.7. The molecule has 0 aliphatic heterocycles. The molecule has 0 fully saturated rings. The van der Waals surface area contributed by atoms with E-state index in [0.29, 0.717) is 28.9 Å². The molecule has 0 aliphatic rings.